The minimum atomic E-state index is -2.37. The molecule has 1 aliphatic rings. The van der Waals surface area contributed by atoms with Crippen molar-refractivity contribution in [1.82, 2.24) is 0 Å². The van der Waals surface area contributed by atoms with Crippen LogP contribution in [0.4, 0.5) is 14.5 Å². The van der Waals surface area contributed by atoms with Gasteiger partial charge in [-0.1, -0.05) is 12.1 Å². The van der Waals surface area contributed by atoms with Gasteiger partial charge in [-0.05, 0) is 12.1 Å². The molecule has 0 unspecified atom stereocenters. The van der Waals surface area contributed by atoms with Crippen molar-refractivity contribution >= 4 is 11.5 Å². The van der Waals surface area contributed by atoms with Crippen LogP contribution in [0.25, 0.3) is 0 Å². The van der Waals surface area contributed by atoms with E-state index in [1.165, 1.54) is 0 Å². The van der Waals surface area contributed by atoms with E-state index in [0.717, 1.165) is 0 Å². The third-order valence-corrected chi connectivity index (χ3v) is 2.51. The molecule has 0 radical (unpaired) electrons. The highest BCUT2D eigenvalue weighted by molar-refractivity contribution is 6.03. The lowest BCUT2D eigenvalue weighted by Crippen LogP contribution is -2.35. The van der Waals surface area contributed by atoms with Crippen LogP contribution in [0, 0.1) is 0 Å². The fraction of sp³-hybridized carbons (Fsp3) is 0.364. The maximum Gasteiger partial charge on any atom is 0.255 e. The van der Waals surface area contributed by atoms with Gasteiger partial charge in [-0.3, -0.25) is 4.79 Å². The van der Waals surface area contributed by atoms with Crippen molar-refractivity contribution in [2.75, 3.05) is 18.0 Å². The van der Waals surface area contributed by atoms with E-state index in [1.807, 2.05) is 0 Å². The van der Waals surface area contributed by atoms with Gasteiger partial charge in [-0.15, -0.1) is 0 Å². The largest absolute Gasteiger partial charge is 0.365 e. The number of nitrogens with zero attached hydrogens (tertiary/aromatic N) is 1. The highest BCUT2D eigenvalue weighted by atomic mass is 19.3. The molecule has 2 nitrogen and oxygen atoms in total. The van der Waals surface area contributed by atoms with E-state index < -0.39 is 6.43 Å². The van der Waals surface area contributed by atoms with Crippen LogP contribution in [-0.2, 0) is 0 Å². The number of benzene rings is 1. The lowest BCUT2D eigenvalue weighted by molar-refractivity contribution is 0.0974. The molecular formula is C11H11F2NO. The Morgan fingerprint density at radius 1 is 1.33 bits per heavy atom. The number of Topliss-reactive ketones (excluding diaryl/α,β-unsaturated/α-hetero) is 1. The zero-order chi connectivity index (χ0) is 10.8. The Bertz CT molecular complexity index is 379. The Balaban J connectivity index is 2.32. The second-order valence-electron chi connectivity index (χ2n) is 3.53. The first-order chi connectivity index (χ1) is 7.18. The number of fused-ring (bicyclic) bond motifs is 1. The lowest BCUT2D eigenvalue weighted by Gasteiger charge is -2.29. The van der Waals surface area contributed by atoms with E-state index >= 15 is 0 Å². The molecule has 1 heterocycles. The van der Waals surface area contributed by atoms with Crippen molar-refractivity contribution in [3.63, 3.8) is 0 Å². The number of anilines is 1. The molecule has 2 rings (SSSR count). The second kappa shape index (κ2) is 3.96. The summed E-state index contributed by atoms with van der Waals surface area (Å²) in [6.45, 7) is 0.0878. The molecule has 0 fully saturated rings. The normalized spacial score (nSPS) is 15.7. The second-order valence-corrected chi connectivity index (χ2v) is 3.53. The van der Waals surface area contributed by atoms with Crippen LogP contribution >= 0.6 is 0 Å². The van der Waals surface area contributed by atoms with Gasteiger partial charge in [0.25, 0.3) is 6.43 Å². The molecule has 0 saturated heterocycles. The number of carbonyl (C=O) groups is 1. The van der Waals surface area contributed by atoms with E-state index in [9.17, 15) is 13.6 Å². The SMILES string of the molecule is O=C1CCN(CC(F)F)c2ccccc21. The van der Waals surface area contributed by atoms with Gasteiger partial charge in [0, 0.05) is 24.2 Å². The fourth-order valence-electron chi connectivity index (χ4n) is 1.83. The Labute approximate surface area is 86.5 Å². The third kappa shape index (κ3) is 1.98. The molecule has 0 saturated carbocycles. The van der Waals surface area contributed by atoms with Gasteiger partial charge in [0.1, 0.15) is 0 Å². The van der Waals surface area contributed by atoms with Crippen LogP contribution in [-0.4, -0.2) is 25.3 Å². The standard InChI is InChI=1S/C11H11F2NO/c12-11(13)7-14-6-5-10(15)8-3-1-2-4-9(8)14/h1-4,11H,5-7H2. The van der Waals surface area contributed by atoms with Crippen molar-refractivity contribution in [3.8, 4) is 0 Å². The van der Waals surface area contributed by atoms with Gasteiger partial charge in [0.15, 0.2) is 5.78 Å². The lowest BCUT2D eigenvalue weighted by atomic mass is 10.0. The average Bonchev–Trinajstić information content (AvgIpc) is 2.22. The third-order valence-electron chi connectivity index (χ3n) is 2.51. The molecule has 4 heteroatoms. The van der Waals surface area contributed by atoms with E-state index in [2.05, 4.69) is 0 Å². The number of alkyl halides is 2. The molecule has 1 aliphatic heterocycles. The van der Waals surface area contributed by atoms with Crippen molar-refractivity contribution in [3.05, 3.63) is 29.8 Å². The molecular weight excluding hydrogens is 200 g/mol. The van der Waals surface area contributed by atoms with E-state index in [-0.39, 0.29) is 12.3 Å². The van der Waals surface area contributed by atoms with Crippen LogP contribution in [0.15, 0.2) is 24.3 Å². The summed E-state index contributed by atoms with van der Waals surface area (Å²) in [7, 11) is 0. The Kier molecular flexibility index (Phi) is 2.66. The van der Waals surface area contributed by atoms with E-state index in [1.54, 1.807) is 29.2 Å². The monoisotopic (exact) mass is 211 g/mol. The van der Waals surface area contributed by atoms with Crippen molar-refractivity contribution in [1.29, 1.82) is 0 Å². The summed E-state index contributed by atoms with van der Waals surface area (Å²) in [6.07, 6.45) is -2.05. The Morgan fingerprint density at radius 2 is 2.07 bits per heavy atom. The fourth-order valence-corrected chi connectivity index (χ4v) is 1.83. The van der Waals surface area contributed by atoms with Gasteiger partial charge in [0.2, 0.25) is 0 Å². The van der Waals surface area contributed by atoms with Crippen LogP contribution in [0.3, 0.4) is 0 Å². The predicted octanol–water partition coefficient (Wildman–Crippen LogP) is 2.34. The molecule has 15 heavy (non-hydrogen) atoms. The highest BCUT2D eigenvalue weighted by Gasteiger charge is 2.24. The number of hydrogen-bond donors (Lipinski definition) is 0. The van der Waals surface area contributed by atoms with Gasteiger partial charge in [-0.25, -0.2) is 8.78 Å². The molecule has 80 valence electrons. The molecule has 0 aromatic heterocycles. The molecule has 1 aromatic carbocycles. The summed E-state index contributed by atoms with van der Waals surface area (Å²) < 4.78 is 24.6. The molecule has 0 bridgehead atoms. The average molecular weight is 211 g/mol. The summed E-state index contributed by atoms with van der Waals surface area (Å²) in [5.74, 6) is 0.0381. The van der Waals surface area contributed by atoms with Crippen molar-refractivity contribution < 1.29 is 13.6 Å². The molecule has 0 amide bonds. The molecule has 1 aromatic rings. The zero-order valence-corrected chi connectivity index (χ0v) is 8.12. The number of rotatable bonds is 2. The first kappa shape index (κ1) is 10.1. The van der Waals surface area contributed by atoms with Crippen molar-refractivity contribution in [2.45, 2.75) is 12.8 Å². The summed E-state index contributed by atoms with van der Waals surface area (Å²) in [5.41, 5.74) is 1.19. The minimum absolute atomic E-state index is 0.0381. The topological polar surface area (TPSA) is 20.3 Å². The van der Waals surface area contributed by atoms with Crippen LogP contribution in [0.1, 0.15) is 16.8 Å². The number of halogens is 2. The molecule has 0 atom stereocenters. The van der Waals surface area contributed by atoms with Crippen molar-refractivity contribution in [2.24, 2.45) is 0 Å². The van der Waals surface area contributed by atoms with Gasteiger partial charge in [0.05, 0.1) is 6.54 Å². The predicted molar refractivity (Wildman–Crippen MR) is 53.6 cm³/mol. The smallest absolute Gasteiger partial charge is 0.255 e. The van der Waals surface area contributed by atoms with Gasteiger partial charge in [-0.2, -0.15) is 0 Å². The summed E-state index contributed by atoms with van der Waals surface area (Å²) in [4.78, 5) is 13.1. The zero-order valence-electron chi connectivity index (χ0n) is 8.12. The van der Waals surface area contributed by atoms with E-state index in [4.69, 9.17) is 0 Å². The van der Waals surface area contributed by atoms with Crippen LogP contribution in [0.5, 0.6) is 0 Å². The summed E-state index contributed by atoms with van der Waals surface area (Å²) in [6, 6.07) is 6.92. The van der Waals surface area contributed by atoms with Gasteiger partial charge < -0.3 is 4.90 Å². The van der Waals surface area contributed by atoms with Gasteiger partial charge >= 0.3 is 0 Å². The van der Waals surface area contributed by atoms with Crippen LogP contribution in [0.2, 0.25) is 0 Å². The number of ketones is 1. The summed E-state index contributed by atoms with van der Waals surface area (Å²) >= 11 is 0. The molecule has 0 spiro atoms. The number of para-hydroxylation sites is 1. The number of carbonyl (C=O) groups excluding carboxylic acids is 1. The summed E-state index contributed by atoms with van der Waals surface area (Å²) in [5, 5.41) is 0. The Hall–Kier alpha value is -1.45. The van der Waals surface area contributed by atoms with E-state index in [0.29, 0.717) is 24.2 Å². The quantitative estimate of drug-likeness (QED) is 0.748. The highest BCUT2D eigenvalue weighted by Crippen LogP contribution is 2.26. The van der Waals surface area contributed by atoms with Crippen LogP contribution < -0.4 is 4.90 Å². The maximum atomic E-state index is 12.3. The first-order valence-corrected chi connectivity index (χ1v) is 4.84. The number of hydrogen-bond acceptors (Lipinski definition) is 2. The maximum absolute atomic E-state index is 12.3. The minimum Gasteiger partial charge on any atom is -0.365 e. The molecule has 0 N–H and O–H groups in total. The first-order valence-electron chi connectivity index (χ1n) is 4.84. The Morgan fingerprint density at radius 3 is 2.80 bits per heavy atom. The molecule has 0 aliphatic carbocycles.